The van der Waals surface area contributed by atoms with E-state index in [0.717, 1.165) is 17.9 Å². The van der Waals surface area contributed by atoms with Gasteiger partial charge in [0.25, 0.3) is 11.8 Å². The van der Waals surface area contributed by atoms with Gasteiger partial charge in [-0.05, 0) is 5.92 Å². The molecule has 264 valence electrons. The lowest BCUT2D eigenvalue weighted by Gasteiger charge is -2.13. The summed E-state index contributed by atoms with van der Waals surface area (Å²) in [6.45, 7) is 15.6. The van der Waals surface area contributed by atoms with Crippen molar-refractivity contribution >= 4 is 11.8 Å². The third-order valence-corrected chi connectivity index (χ3v) is 6.18. The highest BCUT2D eigenvalue weighted by atomic mass is 16.6. The van der Waals surface area contributed by atoms with Crippen LogP contribution >= 0.6 is 0 Å². The van der Waals surface area contributed by atoms with Gasteiger partial charge in [0.05, 0.1) is 145 Å². The van der Waals surface area contributed by atoms with Crippen molar-refractivity contribution in [2.45, 2.75) is 20.3 Å². The van der Waals surface area contributed by atoms with Crippen LogP contribution in [0.4, 0.5) is 0 Å². The molecule has 0 aromatic carbocycles. The molecule has 0 bridgehead atoms. The van der Waals surface area contributed by atoms with Gasteiger partial charge in [0.2, 0.25) is 0 Å². The minimum absolute atomic E-state index is 0.241. The number of hydrogen-bond donors (Lipinski definition) is 0. The first-order valence-corrected chi connectivity index (χ1v) is 16.0. The normalized spacial score (nSPS) is 13.9. The van der Waals surface area contributed by atoms with Crippen LogP contribution in [0.5, 0.6) is 0 Å². The summed E-state index contributed by atoms with van der Waals surface area (Å²) < 4.78 is 60.0. The maximum Gasteiger partial charge on any atom is 0.253 e. The van der Waals surface area contributed by atoms with E-state index < -0.39 is 0 Å². The number of imide groups is 1. The molecule has 0 spiro atoms. The molecular weight excluding hydrogens is 594 g/mol. The van der Waals surface area contributed by atoms with E-state index in [0.29, 0.717) is 138 Å². The predicted octanol–water partition coefficient (Wildman–Crippen LogP) is 1.14. The van der Waals surface area contributed by atoms with E-state index >= 15 is 0 Å². The summed E-state index contributed by atoms with van der Waals surface area (Å²) in [4.78, 5) is 23.9. The van der Waals surface area contributed by atoms with Crippen molar-refractivity contribution < 1.29 is 61.7 Å². The van der Waals surface area contributed by atoms with Gasteiger partial charge >= 0.3 is 0 Å². The number of carbonyl (C=O) groups is 2. The van der Waals surface area contributed by atoms with Gasteiger partial charge in [-0.15, -0.1) is 0 Å². The lowest BCUT2D eigenvalue weighted by atomic mass is 10.1. The van der Waals surface area contributed by atoms with E-state index in [4.69, 9.17) is 52.1 Å². The summed E-state index contributed by atoms with van der Waals surface area (Å²) in [5.41, 5.74) is 0. The summed E-state index contributed by atoms with van der Waals surface area (Å²) in [6, 6.07) is 0. The van der Waals surface area contributed by atoms with Crippen LogP contribution in [0.1, 0.15) is 20.3 Å². The van der Waals surface area contributed by atoms with Crippen molar-refractivity contribution in [2.75, 3.05) is 152 Å². The predicted molar refractivity (Wildman–Crippen MR) is 164 cm³/mol. The van der Waals surface area contributed by atoms with E-state index in [2.05, 4.69) is 13.8 Å². The molecule has 1 aliphatic rings. The van der Waals surface area contributed by atoms with E-state index in [9.17, 15) is 9.59 Å². The lowest BCUT2D eigenvalue weighted by molar-refractivity contribution is -0.137. The topological polar surface area (TPSA) is 139 Å². The molecule has 14 heteroatoms. The molecule has 0 saturated heterocycles. The second kappa shape index (κ2) is 32.4. The van der Waals surface area contributed by atoms with Gasteiger partial charge in [0, 0.05) is 18.8 Å². The van der Waals surface area contributed by atoms with Crippen LogP contribution in [-0.2, 0) is 61.7 Å². The van der Waals surface area contributed by atoms with Crippen LogP contribution < -0.4 is 0 Å². The maximum atomic E-state index is 11.4. The van der Waals surface area contributed by atoms with Gasteiger partial charge in [-0.1, -0.05) is 20.3 Å². The highest BCUT2D eigenvalue weighted by molar-refractivity contribution is 6.12. The SMILES string of the molecule is CCC(C)COCCOCCOCCOCCOCCOCCOCCOCCOCCOCCOCCN1C(=O)C=CC1=O. The number of carbonyl (C=O) groups excluding carboxylic acids is 2. The molecule has 0 aromatic rings. The summed E-state index contributed by atoms with van der Waals surface area (Å²) in [7, 11) is 0. The third-order valence-electron chi connectivity index (χ3n) is 6.18. The molecule has 45 heavy (non-hydrogen) atoms. The zero-order chi connectivity index (χ0) is 32.5. The Morgan fingerprint density at radius 1 is 0.444 bits per heavy atom. The molecule has 14 nitrogen and oxygen atoms in total. The fourth-order valence-electron chi connectivity index (χ4n) is 3.41. The summed E-state index contributed by atoms with van der Waals surface area (Å²) in [5, 5.41) is 0. The Labute approximate surface area is 268 Å². The van der Waals surface area contributed by atoms with Crippen molar-refractivity contribution in [3.8, 4) is 0 Å². The maximum absolute atomic E-state index is 11.4. The Bertz CT molecular complexity index is 695. The number of rotatable bonds is 36. The zero-order valence-electron chi connectivity index (χ0n) is 27.5. The molecule has 0 aromatic heterocycles. The van der Waals surface area contributed by atoms with Crippen LogP contribution in [0.15, 0.2) is 12.2 Å². The molecule has 1 rings (SSSR count). The van der Waals surface area contributed by atoms with Crippen molar-refractivity contribution in [1.29, 1.82) is 0 Å². The second-order valence-corrected chi connectivity index (χ2v) is 9.87. The largest absolute Gasteiger partial charge is 0.379 e. The first-order chi connectivity index (χ1) is 22.1. The molecule has 1 atom stereocenters. The van der Waals surface area contributed by atoms with Gasteiger partial charge in [0.15, 0.2) is 0 Å². The molecule has 0 saturated carbocycles. The quantitative estimate of drug-likeness (QED) is 0.0708. The molecule has 0 aliphatic carbocycles. The van der Waals surface area contributed by atoms with Crippen LogP contribution in [-0.4, -0.2) is 169 Å². The Morgan fingerprint density at radius 3 is 0.956 bits per heavy atom. The zero-order valence-corrected chi connectivity index (χ0v) is 27.5. The van der Waals surface area contributed by atoms with Crippen LogP contribution in [0.3, 0.4) is 0 Å². The molecular formula is C31H57NO13. The number of amides is 2. The smallest absolute Gasteiger partial charge is 0.253 e. The van der Waals surface area contributed by atoms with Gasteiger partial charge < -0.3 is 52.1 Å². The summed E-state index contributed by atoms with van der Waals surface area (Å²) in [5.74, 6) is -0.0182. The Morgan fingerprint density at radius 2 is 0.689 bits per heavy atom. The Balaban J connectivity index is 1.63. The van der Waals surface area contributed by atoms with Crippen LogP contribution in [0, 0.1) is 5.92 Å². The molecule has 0 fully saturated rings. The number of ether oxygens (including phenoxy) is 11. The first-order valence-electron chi connectivity index (χ1n) is 16.0. The van der Waals surface area contributed by atoms with Gasteiger partial charge in [-0.25, -0.2) is 0 Å². The lowest BCUT2D eigenvalue weighted by Crippen LogP contribution is -2.33. The number of nitrogens with zero attached hydrogens (tertiary/aromatic N) is 1. The highest BCUT2D eigenvalue weighted by Crippen LogP contribution is 2.02. The fraction of sp³-hybridized carbons (Fsp3) is 0.871. The molecule has 2 amide bonds. The van der Waals surface area contributed by atoms with Gasteiger partial charge in [0.1, 0.15) is 0 Å². The summed E-state index contributed by atoms with van der Waals surface area (Å²) >= 11 is 0. The van der Waals surface area contributed by atoms with Crippen LogP contribution in [0.25, 0.3) is 0 Å². The highest BCUT2D eigenvalue weighted by Gasteiger charge is 2.22. The molecule has 0 N–H and O–H groups in total. The average molecular weight is 652 g/mol. The molecule has 0 radical (unpaired) electrons. The van der Waals surface area contributed by atoms with Crippen molar-refractivity contribution in [3.63, 3.8) is 0 Å². The number of hydrogen-bond acceptors (Lipinski definition) is 13. The van der Waals surface area contributed by atoms with Gasteiger partial charge in [-0.3, -0.25) is 14.5 Å². The standard InChI is InChI=1S/C31H57NO13/c1-3-29(2)28-45-27-26-44-25-24-43-23-22-42-21-20-41-19-18-40-17-16-39-15-14-38-13-12-37-11-10-36-9-8-35-7-6-32-30(33)4-5-31(32)34/h4-5,29H,3,6-28H2,1-2H3. The van der Waals surface area contributed by atoms with E-state index in [1.54, 1.807) is 0 Å². The van der Waals surface area contributed by atoms with Crippen molar-refractivity contribution in [2.24, 2.45) is 5.92 Å². The minimum Gasteiger partial charge on any atom is -0.379 e. The monoisotopic (exact) mass is 651 g/mol. The minimum atomic E-state index is -0.305. The van der Waals surface area contributed by atoms with Gasteiger partial charge in [-0.2, -0.15) is 0 Å². The third kappa shape index (κ3) is 27.3. The molecule has 1 unspecified atom stereocenters. The molecule has 1 heterocycles. The van der Waals surface area contributed by atoms with Crippen molar-refractivity contribution in [1.82, 2.24) is 4.90 Å². The Hall–Kier alpha value is -1.56. The van der Waals surface area contributed by atoms with Crippen LogP contribution in [0.2, 0.25) is 0 Å². The first kappa shape index (κ1) is 41.5. The second-order valence-electron chi connectivity index (χ2n) is 9.87. The average Bonchev–Trinajstić information content (AvgIpc) is 3.37. The van der Waals surface area contributed by atoms with E-state index in [-0.39, 0.29) is 25.0 Å². The fourth-order valence-corrected chi connectivity index (χ4v) is 3.41. The van der Waals surface area contributed by atoms with Crippen molar-refractivity contribution in [3.05, 3.63) is 12.2 Å². The van der Waals surface area contributed by atoms with E-state index in [1.807, 2.05) is 0 Å². The van der Waals surface area contributed by atoms with E-state index in [1.165, 1.54) is 12.2 Å². The Kier molecular flexibility index (Phi) is 29.8. The summed E-state index contributed by atoms with van der Waals surface area (Å²) in [6.07, 6.45) is 3.64. The molecule has 1 aliphatic heterocycles.